The number of carbonyl (C=O) groups excluding carboxylic acids is 1. The Balaban J connectivity index is 1.67. The van der Waals surface area contributed by atoms with Crippen molar-refractivity contribution in [1.29, 1.82) is 0 Å². The number of fused-ring (bicyclic) bond motifs is 1. The van der Waals surface area contributed by atoms with Gasteiger partial charge in [0.15, 0.2) is 5.16 Å². The maximum Gasteiger partial charge on any atom is 0.303 e. The number of hydrogen-bond acceptors (Lipinski definition) is 7. The Bertz CT molecular complexity index is 1110. The fourth-order valence-electron chi connectivity index (χ4n) is 2.91. The zero-order valence-electron chi connectivity index (χ0n) is 17.0. The van der Waals surface area contributed by atoms with Crippen LogP contribution < -0.4 is 15.6 Å². The van der Waals surface area contributed by atoms with Crippen molar-refractivity contribution < 1.29 is 19.4 Å². The van der Waals surface area contributed by atoms with E-state index in [1.54, 1.807) is 35.7 Å². The number of anilines is 1. The lowest BCUT2D eigenvalue weighted by Gasteiger charge is -2.12. The Kier molecular flexibility index (Phi) is 8.07. The highest BCUT2D eigenvalue weighted by atomic mass is 32.2. The number of aromatic nitrogens is 2. The highest BCUT2D eigenvalue weighted by molar-refractivity contribution is 7.99. The minimum absolute atomic E-state index is 0.0520. The van der Waals surface area contributed by atoms with E-state index in [2.05, 4.69) is 10.3 Å². The molecule has 0 aliphatic carbocycles. The Morgan fingerprint density at radius 1 is 1.23 bits per heavy atom. The topological polar surface area (TPSA) is 111 Å². The van der Waals surface area contributed by atoms with Gasteiger partial charge >= 0.3 is 5.97 Å². The SMILES string of the molecule is CCOc1ccc(NC(=O)CSc2nc3ccsc3c(=O)n2CCCCC(=O)O)cc1. The summed E-state index contributed by atoms with van der Waals surface area (Å²) in [6.45, 7) is 2.83. The van der Waals surface area contributed by atoms with Gasteiger partial charge in [-0.3, -0.25) is 19.0 Å². The monoisotopic (exact) mass is 461 g/mol. The molecule has 8 nitrogen and oxygen atoms in total. The summed E-state index contributed by atoms with van der Waals surface area (Å²) in [7, 11) is 0. The minimum Gasteiger partial charge on any atom is -0.494 e. The largest absolute Gasteiger partial charge is 0.494 e. The summed E-state index contributed by atoms with van der Waals surface area (Å²) >= 11 is 2.51. The number of nitrogens with zero attached hydrogens (tertiary/aromatic N) is 2. The number of benzene rings is 1. The first-order valence-corrected chi connectivity index (χ1v) is 11.7. The van der Waals surface area contributed by atoms with Gasteiger partial charge in [0.05, 0.1) is 17.9 Å². The number of rotatable bonds is 11. The Morgan fingerprint density at radius 3 is 2.71 bits per heavy atom. The van der Waals surface area contributed by atoms with Crippen LogP contribution >= 0.6 is 23.1 Å². The number of nitrogens with one attached hydrogen (secondary N) is 1. The Morgan fingerprint density at radius 2 is 2.00 bits per heavy atom. The summed E-state index contributed by atoms with van der Waals surface area (Å²) in [5.41, 5.74) is 1.09. The summed E-state index contributed by atoms with van der Waals surface area (Å²) in [6, 6.07) is 8.88. The fraction of sp³-hybridized carbons (Fsp3) is 0.333. The van der Waals surface area contributed by atoms with Crippen LogP contribution in [0.1, 0.15) is 26.2 Å². The minimum atomic E-state index is -0.861. The van der Waals surface area contributed by atoms with Crippen LogP contribution in [-0.4, -0.2) is 38.9 Å². The van der Waals surface area contributed by atoms with E-state index >= 15 is 0 Å². The van der Waals surface area contributed by atoms with E-state index in [4.69, 9.17) is 9.84 Å². The normalized spacial score (nSPS) is 10.9. The van der Waals surface area contributed by atoms with Crippen LogP contribution in [0.3, 0.4) is 0 Å². The molecule has 0 radical (unpaired) electrons. The summed E-state index contributed by atoms with van der Waals surface area (Å²) < 4.78 is 7.48. The van der Waals surface area contributed by atoms with Gasteiger partial charge in [-0.05, 0) is 55.5 Å². The van der Waals surface area contributed by atoms with Crippen LogP contribution in [0.2, 0.25) is 0 Å². The number of unbranched alkanes of at least 4 members (excludes halogenated alkanes) is 1. The third kappa shape index (κ3) is 6.31. The second kappa shape index (κ2) is 11.0. The first-order valence-electron chi connectivity index (χ1n) is 9.83. The molecule has 0 aliphatic heterocycles. The molecular formula is C21H23N3O5S2. The van der Waals surface area contributed by atoms with Gasteiger partial charge in [-0.25, -0.2) is 4.98 Å². The maximum absolute atomic E-state index is 12.9. The lowest BCUT2D eigenvalue weighted by molar-refractivity contribution is -0.137. The third-order valence-electron chi connectivity index (χ3n) is 4.33. The molecule has 31 heavy (non-hydrogen) atoms. The molecule has 0 fully saturated rings. The number of amides is 1. The molecule has 1 amide bonds. The van der Waals surface area contributed by atoms with Crippen molar-refractivity contribution >= 4 is 50.9 Å². The molecule has 0 spiro atoms. The number of carboxylic acid groups (broad SMARTS) is 1. The molecule has 2 heterocycles. The van der Waals surface area contributed by atoms with Crippen LogP contribution in [0.25, 0.3) is 10.2 Å². The summed E-state index contributed by atoms with van der Waals surface area (Å²) in [6.07, 6.45) is 1.06. The van der Waals surface area contributed by atoms with Gasteiger partial charge in [-0.2, -0.15) is 0 Å². The first kappa shape index (κ1) is 22.8. The molecule has 10 heteroatoms. The van der Waals surface area contributed by atoms with Crippen molar-refractivity contribution in [1.82, 2.24) is 9.55 Å². The zero-order chi connectivity index (χ0) is 22.2. The molecule has 2 N–H and O–H groups in total. The van der Waals surface area contributed by atoms with Gasteiger partial charge in [-0.1, -0.05) is 11.8 Å². The lowest BCUT2D eigenvalue weighted by atomic mass is 10.2. The van der Waals surface area contributed by atoms with E-state index in [9.17, 15) is 14.4 Å². The van der Waals surface area contributed by atoms with Crippen LogP contribution in [-0.2, 0) is 16.1 Å². The van der Waals surface area contributed by atoms with Crippen LogP contribution in [0.15, 0.2) is 45.7 Å². The van der Waals surface area contributed by atoms with Crippen molar-refractivity contribution in [2.45, 2.75) is 37.9 Å². The molecule has 0 aliphatic rings. The molecule has 0 bridgehead atoms. The molecule has 1 aromatic carbocycles. The molecular weight excluding hydrogens is 438 g/mol. The average Bonchev–Trinajstić information content (AvgIpc) is 3.21. The number of thioether (sulfide) groups is 1. The molecule has 164 valence electrons. The molecule has 0 unspecified atom stereocenters. The zero-order valence-corrected chi connectivity index (χ0v) is 18.6. The average molecular weight is 462 g/mol. The summed E-state index contributed by atoms with van der Waals surface area (Å²) in [4.78, 5) is 40.5. The van der Waals surface area contributed by atoms with Crippen LogP contribution in [0.4, 0.5) is 5.69 Å². The molecule has 3 rings (SSSR count). The third-order valence-corrected chi connectivity index (χ3v) is 6.20. The van der Waals surface area contributed by atoms with Crippen molar-refractivity contribution in [3.8, 4) is 5.75 Å². The predicted molar refractivity (Wildman–Crippen MR) is 122 cm³/mol. The first-order chi connectivity index (χ1) is 15.0. The highest BCUT2D eigenvalue weighted by Crippen LogP contribution is 2.22. The van der Waals surface area contributed by atoms with Gasteiger partial charge in [0.2, 0.25) is 5.91 Å². The molecule has 0 atom stereocenters. The van der Waals surface area contributed by atoms with Gasteiger partial charge < -0.3 is 15.2 Å². The van der Waals surface area contributed by atoms with E-state index in [-0.39, 0.29) is 23.6 Å². The number of ether oxygens (including phenoxy) is 1. The van der Waals surface area contributed by atoms with Crippen LogP contribution in [0.5, 0.6) is 5.75 Å². The number of carboxylic acids is 1. The molecule has 0 saturated carbocycles. The van der Waals surface area contributed by atoms with E-state index < -0.39 is 5.97 Å². The van der Waals surface area contributed by atoms with E-state index in [0.717, 1.165) is 5.75 Å². The highest BCUT2D eigenvalue weighted by Gasteiger charge is 2.14. The second-order valence-corrected chi connectivity index (χ2v) is 8.49. The standard InChI is InChI=1S/C21H23N3O5S2/c1-2-29-15-8-6-14(7-9-15)22-17(25)13-31-21-23-16-10-12-30-19(16)20(28)24(21)11-4-3-5-18(26)27/h6-10,12H,2-5,11,13H2,1H3,(H,22,25)(H,26,27). The Labute approximate surface area is 187 Å². The van der Waals surface area contributed by atoms with Gasteiger partial charge in [0, 0.05) is 18.7 Å². The number of aliphatic carboxylic acids is 1. The van der Waals surface area contributed by atoms with Gasteiger partial charge in [0.25, 0.3) is 5.56 Å². The Hall–Kier alpha value is -2.85. The number of hydrogen-bond donors (Lipinski definition) is 2. The molecule has 0 saturated heterocycles. The lowest BCUT2D eigenvalue weighted by Crippen LogP contribution is -2.24. The van der Waals surface area contributed by atoms with E-state index in [1.807, 2.05) is 6.92 Å². The summed E-state index contributed by atoms with van der Waals surface area (Å²) in [5.74, 6) is -0.259. The number of carbonyl (C=O) groups is 2. The van der Waals surface area contributed by atoms with Crippen molar-refractivity contribution in [2.75, 3.05) is 17.7 Å². The summed E-state index contributed by atoms with van der Waals surface area (Å²) in [5, 5.41) is 13.9. The van der Waals surface area contributed by atoms with Gasteiger partial charge in [-0.15, -0.1) is 11.3 Å². The van der Waals surface area contributed by atoms with Crippen molar-refractivity contribution in [3.05, 3.63) is 46.1 Å². The smallest absolute Gasteiger partial charge is 0.303 e. The predicted octanol–water partition coefficient (Wildman–Crippen LogP) is 3.84. The van der Waals surface area contributed by atoms with E-state index in [1.165, 1.54) is 27.7 Å². The molecule has 2 aromatic heterocycles. The maximum atomic E-state index is 12.9. The van der Waals surface area contributed by atoms with E-state index in [0.29, 0.717) is 47.1 Å². The number of thiophene rings is 1. The molecule has 3 aromatic rings. The quantitative estimate of drug-likeness (QED) is 0.254. The second-order valence-electron chi connectivity index (χ2n) is 6.63. The van der Waals surface area contributed by atoms with Crippen molar-refractivity contribution in [3.63, 3.8) is 0 Å². The van der Waals surface area contributed by atoms with Crippen molar-refractivity contribution in [2.24, 2.45) is 0 Å². The fourth-order valence-corrected chi connectivity index (χ4v) is 4.51. The van der Waals surface area contributed by atoms with Gasteiger partial charge in [0.1, 0.15) is 10.4 Å². The van der Waals surface area contributed by atoms with Crippen LogP contribution in [0, 0.1) is 0 Å².